The number of amides is 1. The summed E-state index contributed by atoms with van der Waals surface area (Å²) in [7, 11) is 0. The molecule has 4 rings (SSSR count). The number of benzene rings is 1. The lowest BCUT2D eigenvalue weighted by molar-refractivity contribution is -0.143. The molecule has 8 nitrogen and oxygen atoms in total. The third-order valence-electron chi connectivity index (χ3n) is 6.96. The molecule has 216 valence electrons. The third-order valence-corrected chi connectivity index (χ3v) is 6.96. The summed E-state index contributed by atoms with van der Waals surface area (Å²) < 4.78 is 47.6. The Labute approximate surface area is 235 Å². The first-order chi connectivity index (χ1) is 19.6. The molecule has 11 heteroatoms. The van der Waals surface area contributed by atoms with Crippen LogP contribution >= 0.6 is 0 Å². The zero-order valence-corrected chi connectivity index (χ0v) is 22.8. The normalized spacial score (nSPS) is 15.0. The smallest absolute Gasteiger partial charge is 0.434 e. The van der Waals surface area contributed by atoms with E-state index in [1.807, 2.05) is 24.0 Å². The van der Waals surface area contributed by atoms with Crippen LogP contribution in [0.15, 0.2) is 66.9 Å². The molecule has 0 atom stereocenters. The first-order valence-corrected chi connectivity index (χ1v) is 13.2. The largest absolute Gasteiger partial charge is 0.478 e. The van der Waals surface area contributed by atoms with Crippen LogP contribution in [0.1, 0.15) is 65.5 Å². The first-order valence-electron chi connectivity index (χ1n) is 13.2. The number of rotatable bonds is 9. The molecule has 0 radical (unpaired) electrons. The van der Waals surface area contributed by atoms with E-state index in [1.165, 1.54) is 17.7 Å². The number of likely N-dealkylation sites (tertiary alicyclic amines) is 1. The molecular weight excluding hydrogens is 537 g/mol. The lowest BCUT2D eigenvalue weighted by Crippen LogP contribution is -2.36. The molecule has 1 N–H and O–H groups in total. The van der Waals surface area contributed by atoms with Gasteiger partial charge >= 0.3 is 12.1 Å². The van der Waals surface area contributed by atoms with Crippen molar-refractivity contribution >= 4 is 17.4 Å². The van der Waals surface area contributed by atoms with Gasteiger partial charge < -0.3 is 14.7 Å². The molecule has 1 aliphatic heterocycles. The maximum atomic E-state index is 13.7. The van der Waals surface area contributed by atoms with Crippen LogP contribution in [0.25, 0.3) is 11.4 Å². The van der Waals surface area contributed by atoms with E-state index in [0.717, 1.165) is 31.5 Å². The van der Waals surface area contributed by atoms with Crippen LogP contribution < -0.4 is 0 Å². The summed E-state index contributed by atoms with van der Waals surface area (Å²) in [6.07, 6.45) is 2.92. The number of carbonyl (C=O) groups excluding carboxylic acids is 1. The Bertz CT molecular complexity index is 1440. The number of aromatic nitrogens is 3. The van der Waals surface area contributed by atoms with Crippen LogP contribution in [-0.4, -0.2) is 56.3 Å². The summed E-state index contributed by atoms with van der Waals surface area (Å²) in [6, 6.07) is 12.7. The second-order valence-electron chi connectivity index (χ2n) is 9.74. The lowest BCUT2D eigenvalue weighted by Gasteiger charge is -2.31. The second kappa shape index (κ2) is 12.9. The van der Waals surface area contributed by atoms with Crippen LogP contribution in [0.2, 0.25) is 0 Å². The fraction of sp³-hybridized carbons (Fsp3) is 0.333. The lowest BCUT2D eigenvalue weighted by atomic mass is 9.89. The van der Waals surface area contributed by atoms with Gasteiger partial charge in [-0.15, -0.1) is 0 Å². The Balaban J connectivity index is 1.46. The zero-order chi connectivity index (χ0) is 29.6. The highest BCUT2D eigenvalue weighted by Crippen LogP contribution is 2.33. The van der Waals surface area contributed by atoms with Crippen molar-refractivity contribution in [1.82, 2.24) is 19.7 Å². The monoisotopic (exact) mass is 568 g/mol. The third kappa shape index (κ3) is 7.29. The van der Waals surface area contributed by atoms with Gasteiger partial charge in [0.25, 0.3) is 0 Å². The summed E-state index contributed by atoms with van der Waals surface area (Å²) >= 11 is 0. The van der Waals surface area contributed by atoms with Crippen LogP contribution in [0.3, 0.4) is 0 Å². The molecule has 2 aromatic heterocycles. The Morgan fingerprint density at radius 2 is 1.83 bits per heavy atom. The average molecular weight is 569 g/mol. The first kappa shape index (κ1) is 29.7. The number of allylic oxidation sites excluding steroid dienone is 3. The molecule has 0 aliphatic carbocycles. The summed E-state index contributed by atoms with van der Waals surface area (Å²) in [5.74, 6) is -1.37. The number of halogens is 3. The van der Waals surface area contributed by atoms with E-state index in [9.17, 15) is 27.9 Å². The van der Waals surface area contributed by atoms with Crippen LogP contribution in [0, 0.1) is 0 Å². The van der Waals surface area contributed by atoms with Gasteiger partial charge in [-0.05, 0) is 48.9 Å². The minimum absolute atomic E-state index is 0.112. The van der Waals surface area contributed by atoms with Gasteiger partial charge in [0.1, 0.15) is 5.56 Å². The predicted molar refractivity (Wildman–Crippen MR) is 146 cm³/mol. The van der Waals surface area contributed by atoms with E-state index in [0.29, 0.717) is 34.7 Å². The number of ether oxygens (including phenoxy) is 1. The number of aromatic carboxylic acids is 1. The van der Waals surface area contributed by atoms with Gasteiger partial charge in [-0.2, -0.15) is 18.3 Å². The molecule has 1 saturated heterocycles. The molecule has 1 fully saturated rings. The Morgan fingerprint density at radius 3 is 2.44 bits per heavy atom. The number of alkyl halides is 3. The number of nitrogens with zero attached hydrogens (tertiary/aromatic N) is 4. The van der Waals surface area contributed by atoms with Crippen molar-refractivity contribution in [3.63, 3.8) is 0 Å². The van der Waals surface area contributed by atoms with Crippen molar-refractivity contribution in [2.75, 3.05) is 19.7 Å². The minimum Gasteiger partial charge on any atom is -0.478 e. The number of carbonyl (C=O) groups is 2. The van der Waals surface area contributed by atoms with E-state index >= 15 is 0 Å². The number of piperidine rings is 1. The van der Waals surface area contributed by atoms with E-state index in [4.69, 9.17) is 4.74 Å². The van der Waals surface area contributed by atoms with Crippen molar-refractivity contribution in [2.45, 2.75) is 45.4 Å². The fourth-order valence-electron chi connectivity index (χ4n) is 4.78. The Kier molecular flexibility index (Phi) is 9.38. The molecular formula is C30H31F3N4O4. The molecule has 41 heavy (non-hydrogen) atoms. The topological polar surface area (TPSA) is 97.6 Å². The quantitative estimate of drug-likeness (QED) is 0.324. The maximum Gasteiger partial charge on any atom is 0.434 e. The summed E-state index contributed by atoms with van der Waals surface area (Å²) in [4.78, 5) is 29.2. The SMILES string of the molecule is CC=CC=C(COCc1ccc(C2CCN(C(C)=O)CC2)cc1)c1cccc(-n2ncc(C(=O)O)c2C(F)(F)F)n1. The average Bonchev–Trinajstić information content (AvgIpc) is 3.42. The summed E-state index contributed by atoms with van der Waals surface area (Å²) in [5.41, 5.74) is 0.832. The molecule has 0 saturated carbocycles. The Morgan fingerprint density at radius 1 is 1.12 bits per heavy atom. The number of carboxylic acids is 1. The van der Waals surface area contributed by atoms with Gasteiger partial charge in [0.15, 0.2) is 11.5 Å². The molecule has 1 aliphatic rings. The molecule has 3 heterocycles. The zero-order valence-electron chi connectivity index (χ0n) is 22.8. The van der Waals surface area contributed by atoms with Crippen LogP contribution in [0.5, 0.6) is 0 Å². The summed E-state index contributed by atoms with van der Waals surface area (Å²) in [6.45, 7) is 5.41. The van der Waals surface area contributed by atoms with E-state index in [-0.39, 0.29) is 18.3 Å². The van der Waals surface area contributed by atoms with Gasteiger partial charge in [-0.3, -0.25) is 4.79 Å². The van der Waals surface area contributed by atoms with Crippen LogP contribution in [0.4, 0.5) is 13.2 Å². The van der Waals surface area contributed by atoms with Gasteiger partial charge in [0.2, 0.25) is 5.91 Å². The van der Waals surface area contributed by atoms with Gasteiger partial charge in [0, 0.05) is 25.6 Å². The molecule has 0 bridgehead atoms. The van der Waals surface area contributed by atoms with Gasteiger partial charge in [-0.1, -0.05) is 48.6 Å². The second-order valence-corrected chi connectivity index (χ2v) is 9.74. The number of hydrogen-bond donors (Lipinski definition) is 1. The van der Waals surface area contributed by atoms with E-state index < -0.39 is 23.4 Å². The highest BCUT2D eigenvalue weighted by molar-refractivity contribution is 5.89. The maximum absolute atomic E-state index is 13.7. The standard InChI is InChI=1S/C30H31F3N4O4/c1-3-4-6-24(19-41-18-21-9-11-22(12-10-21)23-13-15-36(16-14-23)20(2)38)26-7-5-8-27(35-26)37-28(30(31,32)33)25(17-34-37)29(39)40/h3-12,17,23H,13-16,18-19H2,1-2H3,(H,39,40). The summed E-state index contributed by atoms with van der Waals surface area (Å²) in [5, 5.41) is 12.9. The Hall–Kier alpha value is -4.25. The number of hydrogen-bond acceptors (Lipinski definition) is 5. The molecule has 0 spiro atoms. The van der Waals surface area contributed by atoms with Crippen molar-refractivity contribution in [3.8, 4) is 5.82 Å². The minimum atomic E-state index is -4.95. The van der Waals surface area contributed by atoms with Crippen molar-refractivity contribution < 1.29 is 32.6 Å². The van der Waals surface area contributed by atoms with Crippen LogP contribution in [-0.2, 0) is 22.3 Å². The molecule has 1 aromatic carbocycles. The van der Waals surface area contributed by atoms with Crippen molar-refractivity contribution in [1.29, 1.82) is 0 Å². The highest BCUT2D eigenvalue weighted by Gasteiger charge is 2.41. The number of carboxylic acid groups (broad SMARTS) is 1. The van der Waals surface area contributed by atoms with Crippen molar-refractivity contribution in [2.24, 2.45) is 0 Å². The van der Waals surface area contributed by atoms with Gasteiger partial charge in [0.05, 0.1) is 25.1 Å². The molecule has 0 unspecified atom stereocenters. The van der Waals surface area contributed by atoms with Crippen molar-refractivity contribution in [3.05, 3.63) is 95.0 Å². The fourth-order valence-corrected chi connectivity index (χ4v) is 4.78. The molecule has 3 aromatic rings. The highest BCUT2D eigenvalue weighted by atomic mass is 19.4. The van der Waals surface area contributed by atoms with Gasteiger partial charge in [-0.25, -0.2) is 14.5 Å². The predicted octanol–water partition coefficient (Wildman–Crippen LogP) is 5.89. The molecule has 1 amide bonds. The number of pyridine rings is 1. The van der Waals surface area contributed by atoms with E-state index in [2.05, 4.69) is 22.2 Å². The van der Waals surface area contributed by atoms with E-state index in [1.54, 1.807) is 31.2 Å².